The molecule has 1 aromatic rings. The van der Waals surface area contributed by atoms with Crippen LogP contribution in [0.5, 0.6) is 0 Å². The predicted octanol–water partition coefficient (Wildman–Crippen LogP) is 0.272. The molecule has 1 N–H and O–H groups in total. The van der Waals surface area contributed by atoms with Crippen LogP contribution in [0.4, 0.5) is 0 Å². The standard InChI is InChI=1S/C6H6N2OS/c9-4-2-1-3-6-8-7-5-10-6/h5,9H,2,4H2. The summed E-state index contributed by atoms with van der Waals surface area (Å²) in [5.41, 5.74) is 1.63. The van der Waals surface area contributed by atoms with Crippen LogP contribution < -0.4 is 0 Å². The Morgan fingerprint density at radius 1 is 1.70 bits per heavy atom. The second kappa shape index (κ2) is 3.99. The third kappa shape index (κ3) is 2.13. The first kappa shape index (κ1) is 7.19. The highest BCUT2D eigenvalue weighted by atomic mass is 32.1. The third-order valence-corrected chi connectivity index (χ3v) is 1.40. The van der Waals surface area contributed by atoms with E-state index in [1.54, 1.807) is 5.51 Å². The molecule has 0 atom stereocenters. The molecule has 0 aromatic carbocycles. The minimum absolute atomic E-state index is 0.103. The van der Waals surface area contributed by atoms with Gasteiger partial charge in [-0.25, -0.2) is 0 Å². The Labute approximate surface area is 62.7 Å². The molecule has 0 bridgehead atoms. The van der Waals surface area contributed by atoms with E-state index < -0.39 is 0 Å². The van der Waals surface area contributed by atoms with Crippen molar-refractivity contribution in [1.29, 1.82) is 0 Å². The summed E-state index contributed by atoms with van der Waals surface area (Å²) in [6.07, 6.45) is 0.500. The topological polar surface area (TPSA) is 46.0 Å². The fourth-order valence-corrected chi connectivity index (χ4v) is 0.841. The summed E-state index contributed by atoms with van der Waals surface area (Å²) in [4.78, 5) is 0. The number of aliphatic hydroxyl groups is 1. The molecular formula is C6H6N2OS. The van der Waals surface area contributed by atoms with Crippen LogP contribution in [0.1, 0.15) is 11.4 Å². The van der Waals surface area contributed by atoms with Gasteiger partial charge in [0.2, 0.25) is 0 Å². The van der Waals surface area contributed by atoms with Gasteiger partial charge in [0.25, 0.3) is 0 Å². The molecule has 1 heterocycles. The SMILES string of the molecule is OCCC#Cc1nncs1. The monoisotopic (exact) mass is 154 g/mol. The van der Waals surface area contributed by atoms with Crippen molar-refractivity contribution in [3.8, 4) is 11.8 Å². The number of aliphatic hydroxyl groups excluding tert-OH is 1. The lowest BCUT2D eigenvalue weighted by Gasteiger charge is -1.75. The fourth-order valence-electron chi connectivity index (χ4n) is 0.422. The van der Waals surface area contributed by atoms with Gasteiger partial charge in [-0.15, -0.1) is 10.2 Å². The van der Waals surface area contributed by atoms with Crippen LogP contribution in [-0.2, 0) is 0 Å². The van der Waals surface area contributed by atoms with Crippen molar-refractivity contribution in [3.63, 3.8) is 0 Å². The van der Waals surface area contributed by atoms with E-state index in [4.69, 9.17) is 5.11 Å². The average molecular weight is 154 g/mol. The van der Waals surface area contributed by atoms with Gasteiger partial charge in [-0.3, -0.25) is 0 Å². The van der Waals surface area contributed by atoms with E-state index in [9.17, 15) is 0 Å². The Kier molecular flexibility index (Phi) is 2.87. The van der Waals surface area contributed by atoms with Crippen molar-refractivity contribution < 1.29 is 5.11 Å². The summed E-state index contributed by atoms with van der Waals surface area (Å²) in [7, 11) is 0. The first-order valence-electron chi connectivity index (χ1n) is 2.79. The van der Waals surface area contributed by atoms with E-state index in [1.807, 2.05) is 0 Å². The molecule has 10 heavy (non-hydrogen) atoms. The number of rotatable bonds is 1. The van der Waals surface area contributed by atoms with Crippen molar-refractivity contribution in [2.75, 3.05) is 6.61 Å². The summed E-state index contributed by atoms with van der Waals surface area (Å²) in [5.74, 6) is 5.51. The van der Waals surface area contributed by atoms with E-state index in [0.717, 1.165) is 0 Å². The average Bonchev–Trinajstić information content (AvgIpc) is 2.41. The van der Waals surface area contributed by atoms with Crippen LogP contribution in [0.25, 0.3) is 0 Å². The normalized spacial score (nSPS) is 8.50. The number of aromatic nitrogens is 2. The fraction of sp³-hybridized carbons (Fsp3) is 0.333. The molecule has 52 valence electrons. The molecule has 0 spiro atoms. The maximum Gasteiger partial charge on any atom is 0.190 e. The third-order valence-electron chi connectivity index (χ3n) is 0.792. The molecule has 0 aliphatic rings. The highest BCUT2D eigenvalue weighted by molar-refractivity contribution is 7.09. The Morgan fingerprint density at radius 2 is 2.60 bits per heavy atom. The molecule has 1 rings (SSSR count). The molecule has 0 saturated carbocycles. The van der Waals surface area contributed by atoms with Gasteiger partial charge in [-0.1, -0.05) is 17.3 Å². The highest BCUT2D eigenvalue weighted by Crippen LogP contribution is 1.97. The summed E-state index contributed by atoms with van der Waals surface area (Å²) in [6.45, 7) is 0.103. The van der Waals surface area contributed by atoms with Crippen molar-refractivity contribution in [2.24, 2.45) is 0 Å². The lowest BCUT2D eigenvalue weighted by atomic mass is 10.4. The van der Waals surface area contributed by atoms with E-state index in [-0.39, 0.29) is 6.61 Å². The number of hydrogen-bond acceptors (Lipinski definition) is 4. The van der Waals surface area contributed by atoms with Crippen LogP contribution in [0, 0.1) is 11.8 Å². The number of nitrogens with zero attached hydrogens (tertiary/aromatic N) is 2. The van der Waals surface area contributed by atoms with Crippen molar-refractivity contribution in [1.82, 2.24) is 10.2 Å². The first-order chi connectivity index (χ1) is 4.93. The smallest absolute Gasteiger partial charge is 0.190 e. The zero-order chi connectivity index (χ0) is 7.23. The largest absolute Gasteiger partial charge is 0.395 e. The molecule has 0 radical (unpaired) electrons. The second-order valence-electron chi connectivity index (χ2n) is 1.52. The molecular weight excluding hydrogens is 148 g/mol. The Morgan fingerprint density at radius 3 is 3.20 bits per heavy atom. The summed E-state index contributed by atoms with van der Waals surface area (Å²) in [5, 5.41) is 16.4. The quantitative estimate of drug-likeness (QED) is 0.591. The van der Waals surface area contributed by atoms with Gasteiger partial charge >= 0.3 is 0 Å². The van der Waals surface area contributed by atoms with Crippen molar-refractivity contribution in [2.45, 2.75) is 6.42 Å². The second-order valence-corrected chi connectivity index (χ2v) is 2.35. The molecule has 4 heteroatoms. The van der Waals surface area contributed by atoms with Gasteiger partial charge in [-0.2, -0.15) is 0 Å². The van der Waals surface area contributed by atoms with Crippen molar-refractivity contribution >= 4 is 11.3 Å². The molecule has 0 amide bonds. The predicted molar refractivity (Wildman–Crippen MR) is 38.5 cm³/mol. The van der Waals surface area contributed by atoms with Crippen LogP contribution in [0.3, 0.4) is 0 Å². The number of hydrogen-bond donors (Lipinski definition) is 1. The molecule has 0 aliphatic carbocycles. The van der Waals surface area contributed by atoms with Gasteiger partial charge in [-0.05, 0) is 5.92 Å². The molecule has 0 fully saturated rings. The van der Waals surface area contributed by atoms with Crippen LogP contribution in [0.15, 0.2) is 5.51 Å². The zero-order valence-electron chi connectivity index (χ0n) is 5.24. The molecule has 3 nitrogen and oxygen atoms in total. The highest BCUT2D eigenvalue weighted by Gasteiger charge is 1.85. The Balaban J connectivity index is 2.49. The molecule has 1 aromatic heterocycles. The first-order valence-corrected chi connectivity index (χ1v) is 3.67. The van der Waals surface area contributed by atoms with Crippen LogP contribution in [-0.4, -0.2) is 21.9 Å². The maximum atomic E-state index is 8.36. The van der Waals surface area contributed by atoms with Gasteiger partial charge < -0.3 is 5.11 Å². The lowest BCUT2D eigenvalue weighted by Crippen LogP contribution is -1.76. The van der Waals surface area contributed by atoms with Crippen molar-refractivity contribution in [3.05, 3.63) is 10.5 Å². The van der Waals surface area contributed by atoms with Gasteiger partial charge in [0, 0.05) is 6.42 Å². The van der Waals surface area contributed by atoms with E-state index >= 15 is 0 Å². The Bertz CT molecular complexity index is 234. The van der Waals surface area contributed by atoms with E-state index in [2.05, 4.69) is 22.0 Å². The zero-order valence-corrected chi connectivity index (χ0v) is 6.06. The van der Waals surface area contributed by atoms with E-state index in [1.165, 1.54) is 11.3 Å². The lowest BCUT2D eigenvalue weighted by molar-refractivity contribution is 0.305. The Hall–Kier alpha value is -0.920. The minimum atomic E-state index is 0.103. The van der Waals surface area contributed by atoms with Crippen LogP contribution >= 0.6 is 11.3 Å². The van der Waals surface area contributed by atoms with Gasteiger partial charge in [0.05, 0.1) is 6.61 Å². The molecule has 0 saturated heterocycles. The summed E-state index contributed by atoms with van der Waals surface area (Å²) in [6, 6.07) is 0. The van der Waals surface area contributed by atoms with Gasteiger partial charge in [0.15, 0.2) is 5.01 Å². The van der Waals surface area contributed by atoms with Crippen LogP contribution in [0.2, 0.25) is 0 Å². The maximum absolute atomic E-state index is 8.36. The minimum Gasteiger partial charge on any atom is -0.395 e. The summed E-state index contributed by atoms with van der Waals surface area (Å²) >= 11 is 1.40. The van der Waals surface area contributed by atoms with Gasteiger partial charge in [0.1, 0.15) is 5.51 Å². The molecule has 0 unspecified atom stereocenters. The molecule has 0 aliphatic heterocycles. The summed E-state index contributed by atoms with van der Waals surface area (Å²) < 4.78 is 0. The van der Waals surface area contributed by atoms with E-state index in [0.29, 0.717) is 11.4 Å².